The second-order valence-corrected chi connectivity index (χ2v) is 8.01. The van der Waals surface area contributed by atoms with Crippen LogP contribution in [0.1, 0.15) is 17.5 Å². The monoisotopic (exact) mass is 457 g/mol. The third-order valence-corrected chi connectivity index (χ3v) is 6.08. The zero-order chi connectivity index (χ0) is 22.0. The van der Waals surface area contributed by atoms with Crippen molar-refractivity contribution >= 4 is 46.4 Å². The summed E-state index contributed by atoms with van der Waals surface area (Å²) in [6, 6.07) is 16.1. The van der Waals surface area contributed by atoms with Gasteiger partial charge in [0, 0.05) is 38.7 Å². The van der Waals surface area contributed by atoms with Crippen LogP contribution in [0, 0.1) is 0 Å². The number of amides is 2. The summed E-state index contributed by atoms with van der Waals surface area (Å²) < 4.78 is 5.75. The number of rotatable bonds is 4. The fraction of sp³-hybridized carbons (Fsp3) is 0.217. The molecule has 1 fully saturated rings. The summed E-state index contributed by atoms with van der Waals surface area (Å²) in [5.41, 5.74) is 2.21. The van der Waals surface area contributed by atoms with E-state index in [-0.39, 0.29) is 17.6 Å². The lowest BCUT2D eigenvalue weighted by Gasteiger charge is -2.36. The summed E-state index contributed by atoms with van der Waals surface area (Å²) in [7, 11) is 0. The lowest BCUT2D eigenvalue weighted by molar-refractivity contribution is -0.129. The summed E-state index contributed by atoms with van der Waals surface area (Å²) in [6.07, 6.45) is 0. The van der Waals surface area contributed by atoms with Crippen LogP contribution in [0.2, 0.25) is 10.0 Å². The SMILES string of the molecule is CC(=O)N1CCN(c2ccccc2NC(=O)c2ccc(-c3cccc(Cl)c3Cl)o2)CC1. The molecule has 1 aliphatic rings. The van der Waals surface area contributed by atoms with Crippen molar-refractivity contribution < 1.29 is 14.0 Å². The second kappa shape index (κ2) is 9.04. The average molecular weight is 458 g/mol. The fourth-order valence-electron chi connectivity index (χ4n) is 3.60. The summed E-state index contributed by atoms with van der Waals surface area (Å²) >= 11 is 12.3. The molecule has 0 bridgehead atoms. The highest BCUT2D eigenvalue weighted by Gasteiger charge is 2.22. The van der Waals surface area contributed by atoms with Gasteiger partial charge in [0.15, 0.2) is 5.76 Å². The maximum Gasteiger partial charge on any atom is 0.291 e. The standard InChI is InChI=1S/C23H21Cl2N3O3/c1-15(29)27-11-13-28(14-12-27)19-8-3-2-7-18(19)26-23(30)21-10-9-20(31-21)16-5-4-6-17(24)22(16)25/h2-10H,11-14H2,1H3,(H,26,30). The van der Waals surface area contributed by atoms with E-state index in [0.717, 1.165) is 5.69 Å². The molecule has 0 spiro atoms. The van der Waals surface area contributed by atoms with Gasteiger partial charge >= 0.3 is 0 Å². The first-order chi connectivity index (χ1) is 14.9. The van der Waals surface area contributed by atoms with Gasteiger partial charge in [-0.25, -0.2) is 0 Å². The van der Waals surface area contributed by atoms with Gasteiger partial charge < -0.3 is 19.5 Å². The molecule has 31 heavy (non-hydrogen) atoms. The molecule has 1 aromatic heterocycles. The summed E-state index contributed by atoms with van der Waals surface area (Å²) in [4.78, 5) is 28.4. The van der Waals surface area contributed by atoms with Gasteiger partial charge in [-0.2, -0.15) is 0 Å². The maximum atomic E-state index is 12.9. The highest BCUT2D eigenvalue weighted by molar-refractivity contribution is 6.43. The van der Waals surface area contributed by atoms with Gasteiger partial charge in [-0.3, -0.25) is 9.59 Å². The van der Waals surface area contributed by atoms with Crippen LogP contribution in [0.25, 0.3) is 11.3 Å². The van der Waals surface area contributed by atoms with Crippen molar-refractivity contribution in [2.75, 3.05) is 36.4 Å². The normalized spacial score (nSPS) is 13.9. The number of furan rings is 1. The number of hydrogen-bond acceptors (Lipinski definition) is 4. The molecule has 160 valence electrons. The minimum Gasteiger partial charge on any atom is -0.451 e. The first-order valence-corrected chi connectivity index (χ1v) is 10.6. The number of carbonyl (C=O) groups is 2. The highest BCUT2D eigenvalue weighted by atomic mass is 35.5. The molecule has 1 saturated heterocycles. The minimum atomic E-state index is -0.362. The Morgan fingerprint density at radius 3 is 2.42 bits per heavy atom. The van der Waals surface area contributed by atoms with Crippen molar-refractivity contribution in [1.29, 1.82) is 0 Å². The zero-order valence-electron chi connectivity index (χ0n) is 16.9. The number of halogens is 2. The number of carbonyl (C=O) groups excluding carboxylic acids is 2. The summed E-state index contributed by atoms with van der Waals surface area (Å²) in [5, 5.41) is 3.73. The number of anilines is 2. The molecule has 0 radical (unpaired) electrons. The van der Waals surface area contributed by atoms with Crippen molar-refractivity contribution in [2.45, 2.75) is 6.92 Å². The number of para-hydroxylation sites is 2. The fourth-order valence-corrected chi connectivity index (χ4v) is 3.99. The van der Waals surface area contributed by atoms with Gasteiger partial charge in [-0.05, 0) is 36.4 Å². The number of benzene rings is 2. The number of hydrogen-bond donors (Lipinski definition) is 1. The Morgan fingerprint density at radius 2 is 1.68 bits per heavy atom. The van der Waals surface area contributed by atoms with Gasteiger partial charge in [-0.15, -0.1) is 0 Å². The second-order valence-electron chi connectivity index (χ2n) is 7.23. The van der Waals surface area contributed by atoms with Crippen molar-refractivity contribution in [2.24, 2.45) is 0 Å². The quantitative estimate of drug-likeness (QED) is 0.586. The molecule has 0 aliphatic carbocycles. The Hall–Kier alpha value is -2.96. The Kier molecular flexibility index (Phi) is 6.20. The predicted octanol–water partition coefficient (Wildman–Crippen LogP) is 5.17. The molecular formula is C23H21Cl2N3O3. The Morgan fingerprint density at radius 1 is 0.935 bits per heavy atom. The molecule has 8 heteroatoms. The van der Waals surface area contributed by atoms with E-state index in [2.05, 4.69) is 10.2 Å². The van der Waals surface area contributed by atoms with Gasteiger partial charge in [-0.1, -0.05) is 41.4 Å². The van der Waals surface area contributed by atoms with E-state index in [1.807, 2.05) is 29.2 Å². The first kappa shape index (κ1) is 21.3. The molecule has 2 aromatic carbocycles. The zero-order valence-corrected chi connectivity index (χ0v) is 18.4. The molecule has 6 nitrogen and oxygen atoms in total. The molecule has 0 atom stereocenters. The van der Waals surface area contributed by atoms with Gasteiger partial charge in [0.1, 0.15) is 5.76 Å². The Balaban J connectivity index is 1.51. The van der Waals surface area contributed by atoms with Crippen molar-refractivity contribution in [1.82, 2.24) is 4.90 Å². The van der Waals surface area contributed by atoms with Crippen LogP contribution in [0.3, 0.4) is 0 Å². The third-order valence-electron chi connectivity index (χ3n) is 5.26. The van der Waals surface area contributed by atoms with Gasteiger partial charge in [0.2, 0.25) is 5.91 Å². The molecule has 1 N–H and O–H groups in total. The Bertz CT molecular complexity index is 1120. The van der Waals surface area contributed by atoms with Crippen molar-refractivity contribution in [3.05, 3.63) is 70.4 Å². The van der Waals surface area contributed by atoms with Crippen LogP contribution in [0.15, 0.2) is 59.0 Å². The molecule has 4 rings (SSSR count). The van der Waals surface area contributed by atoms with E-state index in [1.165, 1.54) is 0 Å². The molecule has 2 heterocycles. The van der Waals surface area contributed by atoms with E-state index in [9.17, 15) is 9.59 Å². The lowest BCUT2D eigenvalue weighted by Crippen LogP contribution is -2.48. The molecule has 0 saturated carbocycles. The molecule has 0 unspecified atom stereocenters. The van der Waals surface area contributed by atoms with Crippen molar-refractivity contribution in [3.8, 4) is 11.3 Å². The number of nitrogens with zero attached hydrogens (tertiary/aromatic N) is 2. The van der Waals surface area contributed by atoms with E-state index in [1.54, 1.807) is 37.3 Å². The molecule has 1 aliphatic heterocycles. The van der Waals surface area contributed by atoms with Crippen LogP contribution >= 0.6 is 23.2 Å². The summed E-state index contributed by atoms with van der Waals surface area (Å²) in [6.45, 7) is 4.28. The Labute approximate surface area is 190 Å². The minimum absolute atomic E-state index is 0.0784. The predicted molar refractivity (Wildman–Crippen MR) is 123 cm³/mol. The average Bonchev–Trinajstić information content (AvgIpc) is 3.26. The van der Waals surface area contributed by atoms with Crippen LogP contribution in [-0.4, -0.2) is 42.9 Å². The van der Waals surface area contributed by atoms with Crippen LogP contribution in [0.4, 0.5) is 11.4 Å². The van der Waals surface area contributed by atoms with E-state index in [0.29, 0.717) is 53.2 Å². The van der Waals surface area contributed by atoms with Gasteiger partial charge in [0.25, 0.3) is 5.91 Å². The number of piperazine rings is 1. The van der Waals surface area contributed by atoms with Crippen molar-refractivity contribution in [3.63, 3.8) is 0 Å². The first-order valence-electron chi connectivity index (χ1n) is 9.89. The largest absolute Gasteiger partial charge is 0.451 e. The summed E-state index contributed by atoms with van der Waals surface area (Å²) in [5.74, 6) is 0.349. The van der Waals surface area contributed by atoms with Crippen LogP contribution < -0.4 is 10.2 Å². The van der Waals surface area contributed by atoms with Crippen LogP contribution in [-0.2, 0) is 4.79 Å². The van der Waals surface area contributed by atoms with Crippen LogP contribution in [0.5, 0.6) is 0 Å². The third kappa shape index (κ3) is 4.55. The van der Waals surface area contributed by atoms with Gasteiger partial charge in [0.05, 0.1) is 21.4 Å². The number of nitrogens with one attached hydrogen (secondary N) is 1. The topological polar surface area (TPSA) is 65.8 Å². The smallest absolute Gasteiger partial charge is 0.291 e. The molecule has 2 amide bonds. The highest BCUT2D eigenvalue weighted by Crippen LogP contribution is 2.34. The van der Waals surface area contributed by atoms with E-state index >= 15 is 0 Å². The van der Waals surface area contributed by atoms with E-state index < -0.39 is 0 Å². The van der Waals surface area contributed by atoms with E-state index in [4.69, 9.17) is 27.6 Å². The maximum absolute atomic E-state index is 12.9. The molecular weight excluding hydrogens is 437 g/mol. The molecule has 3 aromatic rings. The lowest BCUT2D eigenvalue weighted by atomic mass is 10.2.